The Balaban J connectivity index is 2.34. The first-order valence-electron chi connectivity index (χ1n) is 6.56. The highest BCUT2D eigenvalue weighted by Gasteiger charge is 2.04. The van der Waals surface area contributed by atoms with Gasteiger partial charge in [-0.05, 0) is 20.3 Å². The maximum absolute atomic E-state index is 5.59. The summed E-state index contributed by atoms with van der Waals surface area (Å²) in [5.74, 6) is 1.23. The summed E-state index contributed by atoms with van der Waals surface area (Å²) in [5, 5.41) is 3.06. The largest absolute Gasteiger partial charge is 0.475 e. The molecule has 1 rings (SSSR count). The van der Waals surface area contributed by atoms with E-state index in [0.29, 0.717) is 25.0 Å². The zero-order chi connectivity index (χ0) is 13.2. The summed E-state index contributed by atoms with van der Waals surface area (Å²) in [4.78, 5) is 8.46. The van der Waals surface area contributed by atoms with Crippen LogP contribution in [0.15, 0.2) is 6.20 Å². The Bertz CT molecular complexity index is 345. The lowest BCUT2D eigenvalue weighted by Crippen LogP contribution is -2.10. The van der Waals surface area contributed by atoms with Gasteiger partial charge < -0.3 is 14.8 Å². The Hall–Kier alpha value is -1.36. The lowest BCUT2D eigenvalue weighted by atomic mass is 10.4. The molecule has 1 aromatic rings. The summed E-state index contributed by atoms with van der Waals surface area (Å²) in [7, 11) is 0. The molecule has 18 heavy (non-hydrogen) atoms. The van der Waals surface area contributed by atoms with E-state index in [2.05, 4.69) is 22.2 Å². The van der Waals surface area contributed by atoms with Crippen molar-refractivity contribution < 1.29 is 9.47 Å². The van der Waals surface area contributed by atoms with Crippen molar-refractivity contribution in [1.29, 1.82) is 0 Å². The monoisotopic (exact) mass is 253 g/mol. The van der Waals surface area contributed by atoms with Crippen molar-refractivity contribution in [3.8, 4) is 5.88 Å². The van der Waals surface area contributed by atoms with Gasteiger partial charge in [-0.15, -0.1) is 0 Å². The van der Waals surface area contributed by atoms with Crippen LogP contribution in [-0.2, 0) is 4.74 Å². The summed E-state index contributed by atoms with van der Waals surface area (Å²) >= 11 is 0. The second-order valence-electron chi connectivity index (χ2n) is 4.03. The van der Waals surface area contributed by atoms with E-state index in [1.165, 1.54) is 0 Å². The van der Waals surface area contributed by atoms with Crippen LogP contribution in [0.3, 0.4) is 0 Å². The number of aromatic nitrogens is 2. The molecule has 0 unspecified atom stereocenters. The fourth-order valence-corrected chi connectivity index (χ4v) is 1.36. The normalized spacial score (nSPS) is 10.4. The molecule has 0 aliphatic carbocycles. The number of rotatable bonds is 9. The Kier molecular flexibility index (Phi) is 7.10. The van der Waals surface area contributed by atoms with Crippen LogP contribution in [-0.4, -0.2) is 36.3 Å². The number of aryl methyl sites for hydroxylation is 1. The molecule has 0 amide bonds. The van der Waals surface area contributed by atoms with E-state index in [-0.39, 0.29) is 0 Å². The summed E-state index contributed by atoms with van der Waals surface area (Å²) in [6.07, 6.45) is 4.01. The molecular weight excluding hydrogens is 230 g/mol. The van der Waals surface area contributed by atoms with Gasteiger partial charge in [0.05, 0.1) is 6.61 Å². The Morgan fingerprint density at radius 3 is 2.78 bits per heavy atom. The number of hydrogen-bond acceptors (Lipinski definition) is 5. The van der Waals surface area contributed by atoms with Crippen LogP contribution in [0.1, 0.15) is 32.3 Å². The Morgan fingerprint density at radius 1 is 1.22 bits per heavy atom. The van der Waals surface area contributed by atoms with Gasteiger partial charge >= 0.3 is 0 Å². The van der Waals surface area contributed by atoms with E-state index in [9.17, 15) is 0 Å². The van der Waals surface area contributed by atoms with Crippen molar-refractivity contribution in [1.82, 2.24) is 9.97 Å². The van der Waals surface area contributed by atoms with Gasteiger partial charge in [-0.25, -0.2) is 4.98 Å². The van der Waals surface area contributed by atoms with E-state index in [1.54, 1.807) is 6.20 Å². The maximum Gasteiger partial charge on any atom is 0.225 e. The van der Waals surface area contributed by atoms with Gasteiger partial charge in [-0.1, -0.05) is 13.3 Å². The zero-order valence-electron chi connectivity index (χ0n) is 11.5. The molecule has 0 aliphatic heterocycles. The van der Waals surface area contributed by atoms with Gasteiger partial charge in [0, 0.05) is 24.9 Å². The average molecular weight is 253 g/mol. The minimum atomic E-state index is 0.521. The first-order valence-corrected chi connectivity index (χ1v) is 6.56. The standard InChI is InChI=1S/C13H23N3O2/c1-4-6-7-17-8-9-18-12-11(3)10-15-13(16-12)14-5-2/h10H,4-9H2,1-3H3,(H,14,15,16). The van der Waals surface area contributed by atoms with Crippen LogP contribution in [0.25, 0.3) is 0 Å². The molecule has 0 bridgehead atoms. The van der Waals surface area contributed by atoms with Gasteiger partial charge in [-0.2, -0.15) is 4.98 Å². The van der Waals surface area contributed by atoms with Crippen LogP contribution < -0.4 is 10.1 Å². The van der Waals surface area contributed by atoms with Crippen molar-refractivity contribution >= 4 is 5.95 Å². The maximum atomic E-state index is 5.59. The Labute approximate surface area is 109 Å². The molecule has 1 aromatic heterocycles. The number of unbranched alkanes of at least 4 members (excludes halogenated alkanes) is 1. The molecule has 5 nitrogen and oxygen atoms in total. The van der Waals surface area contributed by atoms with Gasteiger partial charge in [0.15, 0.2) is 0 Å². The van der Waals surface area contributed by atoms with E-state index in [4.69, 9.17) is 9.47 Å². The number of anilines is 1. The van der Waals surface area contributed by atoms with E-state index < -0.39 is 0 Å². The molecule has 1 N–H and O–H groups in total. The van der Waals surface area contributed by atoms with Gasteiger partial charge in [-0.3, -0.25) is 0 Å². The minimum absolute atomic E-state index is 0.521. The molecule has 0 fully saturated rings. The fraction of sp³-hybridized carbons (Fsp3) is 0.692. The third-order valence-corrected chi connectivity index (χ3v) is 2.37. The molecule has 0 saturated heterocycles. The topological polar surface area (TPSA) is 56.3 Å². The fourth-order valence-electron chi connectivity index (χ4n) is 1.36. The van der Waals surface area contributed by atoms with Gasteiger partial charge in [0.2, 0.25) is 11.8 Å². The number of ether oxygens (including phenoxy) is 2. The molecule has 1 heterocycles. The van der Waals surface area contributed by atoms with E-state index >= 15 is 0 Å². The molecular formula is C13H23N3O2. The van der Waals surface area contributed by atoms with Gasteiger partial charge in [0.1, 0.15) is 6.61 Å². The molecule has 0 aliphatic rings. The second-order valence-corrected chi connectivity index (χ2v) is 4.03. The molecule has 0 radical (unpaired) electrons. The van der Waals surface area contributed by atoms with Crippen molar-refractivity contribution in [3.05, 3.63) is 11.8 Å². The Morgan fingerprint density at radius 2 is 2.06 bits per heavy atom. The quantitative estimate of drug-likeness (QED) is 0.685. The number of nitrogens with one attached hydrogen (secondary N) is 1. The molecule has 0 spiro atoms. The predicted octanol–water partition coefficient (Wildman–Crippen LogP) is 2.41. The van der Waals surface area contributed by atoms with Crippen LogP contribution in [0, 0.1) is 6.92 Å². The SMILES string of the molecule is CCCCOCCOc1nc(NCC)ncc1C. The number of hydrogen-bond donors (Lipinski definition) is 1. The van der Waals surface area contributed by atoms with Gasteiger partial charge in [0.25, 0.3) is 0 Å². The molecule has 0 saturated carbocycles. The predicted molar refractivity (Wildman–Crippen MR) is 72.2 cm³/mol. The van der Waals surface area contributed by atoms with Crippen molar-refractivity contribution in [2.24, 2.45) is 0 Å². The zero-order valence-corrected chi connectivity index (χ0v) is 11.5. The van der Waals surface area contributed by atoms with Crippen LogP contribution in [0.5, 0.6) is 5.88 Å². The molecule has 0 aromatic carbocycles. The first kappa shape index (κ1) is 14.7. The summed E-state index contributed by atoms with van der Waals surface area (Å²) < 4.78 is 11.0. The van der Waals surface area contributed by atoms with E-state index in [0.717, 1.165) is 31.6 Å². The third kappa shape index (κ3) is 5.31. The van der Waals surface area contributed by atoms with Crippen molar-refractivity contribution in [2.75, 3.05) is 31.7 Å². The molecule has 102 valence electrons. The lowest BCUT2D eigenvalue weighted by molar-refractivity contribution is 0.0962. The average Bonchev–Trinajstić information content (AvgIpc) is 2.37. The van der Waals surface area contributed by atoms with Crippen LogP contribution in [0.4, 0.5) is 5.95 Å². The summed E-state index contributed by atoms with van der Waals surface area (Å²) in [6, 6.07) is 0. The highest BCUT2D eigenvalue weighted by Crippen LogP contribution is 2.14. The summed E-state index contributed by atoms with van der Waals surface area (Å²) in [5.41, 5.74) is 0.935. The van der Waals surface area contributed by atoms with Crippen molar-refractivity contribution in [3.63, 3.8) is 0 Å². The van der Waals surface area contributed by atoms with Crippen LogP contribution >= 0.6 is 0 Å². The highest BCUT2D eigenvalue weighted by atomic mass is 16.5. The smallest absolute Gasteiger partial charge is 0.225 e. The van der Waals surface area contributed by atoms with Crippen molar-refractivity contribution in [2.45, 2.75) is 33.6 Å². The van der Waals surface area contributed by atoms with Crippen LogP contribution in [0.2, 0.25) is 0 Å². The summed E-state index contributed by atoms with van der Waals surface area (Å²) in [6.45, 7) is 8.79. The second kappa shape index (κ2) is 8.69. The molecule has 0 atom stereocenters. The highest BCUT2D eigenvalue weighted by molar-refractivity contribution is 5.32. The third-order valence-electron chi connectivity index (χ3n) is 2.37. The minimum Gasteiger partial charge on any atom is -0.475 e. The lowest BCUT2D eigenvalue weighted by Gasteiger charge is -2.09. The van der Waals surface area contributed by atoms with E-state index in [1.807, 2.05) is 13.8 Å². The molecule has 5 heteroatoms. The first-order chi connectivity index (χ1) is 8.77. The number of nitrogens with zero attached hydrogens (tertiary/aromatic N) is 2.